The van der Waals surface area contributed by atoms with Crippen molar-refractivity contribution < 1.29 is 9.59 Å². The van der Waals surface area contributed by atoms with Crippen LogP contribution in [0, 0.1) is 0 Å². The summed E-state index contributed by atoms with van der Waals surface area (Å²) < 4.78 is 0. The van der Waals surface area contributed by atoms with Gasteiger partial charge in [-0.1, -0.05) is 39.0 Å². The number of carbonyl (C=O) groups excluding carboxylic acids is 2. The van der Waals surface area contributed by atoms with E-state index in [9.17, 15) is 9.59 Å². The predicted octanol–water partition coefficient (Wildman–Crippen LogP) is 1.87. The zero-order valence-electron chi connectivity index (χ0n) is 13.1. The standard InChI is InChI=1S/C14H24N4O2S/c1-5-7-8-18-10-11(15-14(18)21-9(3)6-2)17(4)13(20)16-12(10)19/h9-11H,5-8H2,1-4H3,(H,16,19,20). The van der Waals surface area contributed by atoms with Crippen molar-refractivity contribution in [2.45, 2.75) is 57.5 Å². The second kappa shape index (κ2) is 6.68. The molecule has 21 heavy (non-hydrogen) atoms. The average molecular weight is 312 g/mol. The number of amides is 3. The first-order valence-corrected chi connectivity index (χ1v) is 8.46. The van der Waals surface area contributed by atoms with Crippen molar-refractivity contribution in [3.05, 3.63) is 0 Å². The number of unbranched alkanes of at least 4 members (excludes halogenated alkanes) is 1. The molecule has 6 nitrogen and oxygen atoms in total. The van der Waals surface area contributed by atoms with Gasteiger partial charge in [-0.15, -0.1) is 0 Å². The van der Waals surface area contributed by atoms with E-state index in [1.165, 1.54) is 4.90 Å². The molecule has 3 atom stereocenters. The third-order valence-electron chi connectivity index (χ3n) is 3.96. The molecule has 0 bridgehead atoms. The normalized spacial score (nSPS) is 26.6. The van der Waals surface area contributed by atoms with E-state index in [4.69, 9.17) is 0 Å². The number of aliphatic imine (C=N–C) groups is 1. The van der Waals surface area contributed by atoms with E-state index in [0.717, 1.165) is 31.0 Å². The molecule has 0 aliphatic carbocycles. The number of carbonyl (C=O) groups is 2. The van der Waals surface area contributed by atoms with Crippen LogP contribution >= 0.6 is 11.8 Å². The van der Waals surface area contributed by atoms with Gasteiger partial charge >= 0.3 is 6.03 Å². The molecule has 1 saturated heterocycles. The fraction of sp³-hybridized carbons (Fsp3) is 0.786. The minimum atomic E-state index is -0.394. The van der Waals surface area contributed by atoms with Gasteiger partial charge in [0.05, 0.1) is 0 Å². The zero-order valence-corrected chi connectivity index (χ0v) is 13.9. The molecule has 0 aromatic rings. The number of likely N-dealkylation sites (N-methyl/N-ethyl adjacent to an activating group) is 1. The molecule has 2 rings (SSSR count). The first-order valence-electron chi connectivity index (χ1n) is 7.58. The maximum Gasteiger partial charge on any atom is 0.325 e. The molecular formula is C14H24N4O2S. The topological polar surface area (TPSA) is 65.0 Å². The highest BCUT2D eigenvalue weighted by atomic mass is 32.2. The molecule has 0 aromatic heterocycles. The van der Waals surface area contributed by atoms with Crippen molar-refractivity contribution in [1.82, 2.24) is 15.1 Å². The molecule has 3 amide bonds. The summed E-state index contributed by atoms with van der Waals surface area (Å²) in [5, 5.41) is 3.75. The van der Waals surface area contributed by atoms with Crippen LogP contribution in [0.4, 0.5) is 4.79 Å². The molecular weight excluding hydrogens is 288 g/mol. The highest BCUT2D eigenvalue weighted by Gasteiger charge is 2.48. The highest BCUT2D eigenvalue weighted by Crippen LogP contribution is 2.31. The van der Waals surface area contributed by atoms with Gasteiger partial charge in [0.2, 0.25) is 0 Å². The fourth-order valence-electron chi connectivity index (χ4n) is 2.43. The van der Waals surface area contributed by atoms with E-state index in [-0.39, 0.29) is 18.0 Å². The molecule has 0 radical (unpaired) electrons. The number of hydrogen-bond donors (Lipinski definition) is 1. The molecule has 7 heteroatoms. The maximum atomic E-state index is 12.2. The minimum Gasteiger partial charge on any atom is -0.336 e. The van der Waals surface area contributed by atoms with Gasteiger partial charge in [0, 0.05) is 18.8 Å². The monoisotopic (exact) mass is 312 g/mol. The van der Waals surface area contributed by atoms with E-state index in [2.05, 4.69) is 36.0 Å². The van der Waals surface area contributed by atoms with E-state index in [1.54, 1.807) is 18.8 Å². The first-order chi connectivity index (χ1) is 9.99. The number of imide groups is 1. The Hall–Kier alpha value is -1.24. The predicted molar refractivity (Wildman–Crippen MR) is 85.3 cm³/mol. The Morgan fingerprint density at radius 1 is 1.38 bits per heavy atom. The fourth-order valence-corrected chi connectivity index (χ4v) is 3.46. The van der Waals surface area contributed by atoms with Crippen molar-refractivity contribution in [3.8, 4) is 0 Å². The van der Waals surface area contributed by atoms with E-state index < -0.39 is 6.17 Å². The Morgan fingerprint density at radius 3 is 2.71 bits per heavy atom. The van der Waals surface area contributed by atoms with Crippen LogP contribution in [0.25, 0.3) is 0 Å². The van der Waals surface area contributed by atoms with Crippen molar-refractivity contribution >= 4 is 28.9 Å². The second-order valence-electron chi connectivity index (χ2n) is 5.56. The zero-order chi connectivity index (χ0) is 15.6. The lowest BCUT2D eigenvalue weighted by Gasteiger charge is -2.36. The van der Waals surface area contributed by atoms with Crippen LogP contribution in [0.5, 0.6) is 0 Å². The molecule has 2 aliphatic rings. The summed E-state index contributed by atoms with van der Waals surface area (Å²) in [6.45, 7) is 7.22. The van der Waals surface area contributed by atoms with E-state index in [0.29, 0.717) is 5.25 Å². The lowest BCUT2D eigenvalue weighted by Crippen LogP contribution is -2.63. The largest absolute Gasteiger partial charge is 0.336 e. The van der Waals surface area contributed by atoms with E-state index >= 15 is 0 Å². The van der Waals surface area contributed by atoms with Crippen LogP contribution in [0.3, 0.4) is 0 Å². The Bertz CT molecular complexity index is 454. The summed E-state index contributed by atoms with van der Waals surface area (Å²) in [6, 6.07) is -0.749. The Balaban J connectivity index is 2.24. The summed E-state index contributed by atoms with van der Waals surface area (Å²) in [5.41, 5.74) is 0. The molecule has 2 aliphatic heterocycles. The van der Waals surface area contributed by atoms with Crippen LogP contribution in [0.1, 0.15) is 40.0 Å². The summed E-state index contributed by atoms with van der Waals surface area (Å²) in [7, 11) is 1.69. The molecule has 1 fully saturated rings. The molecule has 2 heterocycles. The second-order valence-corrected chi connectivity index (χ2v) is 6.96. The summed E-state index contributed by atoms with van der Waals surface area (Å²) in [5.74, 6) is -0.234. The third kappa shape index (κ3) is 3.17. The van der Waals surface area contributed by atoms with Gasteiger partial charge in [0.25, 0.3) is 5.91 Å². The van der Waals surface area contributed by atoms with Gasteiger partial charge in [-0.3, -0.25) is 10.1 Å². The summed E-state index contributed by atoms with van der Waals surface area (Å²) in [4.78, 5) is 32.2. The highest BCUT2D eigenvalue weighted by molar-refractivity contribution is 8.14. The van der Waals surface area contributed by atoms with Gasteiger partial charge in [0.15, 0.2) is 17.4 Å². The summed E-state index contributed by atoms with van der Waals surface area (Å²) >= 11 is 1.69. The Labute approximate surface area is 130 Å². The molecule has 3 unspecified atom stereocenters. The number of hydrogen-bond acceptors (Lipinski definition) is 5. The number of urea groups is 1. The number of thioether (sulfide) groups is 1. The number of nitrogens with one attached hydrogen (secondary N) is 1. The van der Waals surface area contributed by atoms with Crippen LogP contribution < -0.4 is 5.32 Å². The summed E-state index contributed by atoms with van der Waals surface area (Å²) in [6.07, 6.45) is 2.72. The van der Waals surface area contributed by atoms with Gasteiger partial charge in [-0.2, -0.15) is 0 Å². The molecule has 0 aromatic carbocycles. The Kier molecular flexibility index (Phi) is 5.13. The number of rotatable bonds is 5. The lowest BCUT2D eigenvalue weighted by atomic mass is 10.1. The van der Waals surface area contributed by atoms with Gasteiger partial charge in [-0.05, 0) is 12.8 Å². The van der Waals surface area contributed by atoms with Gasteiger partial charge in [-0.25, -0.2) is 9.79 Å². The average Bonchev–Trinajstić information content (AvgIpc) is 2.81. The number of fused-ring (bicyclic) bond motifs is 1. The number of amidine groups is 1. The molecule has 0 saturated carbocycles. The molecule has 1 N–H and O–H groups in total. The van der Waals surface area contributed by atoms with E-state index in [1.807, 2.05) is 0 Å². The molecule has 118 valence electrons. The first kappa shape index (κ1) is 16.1. The Morgan fingerprint density at radius 2 is 2.10 bits per heavy atom. The van der Waals surface area contributed by atoms with Gasteiger partial charge < -0.3 is 9.80 Å². The van der Waals surface area contributed by atoms with Crippen molar-refractivity contribution in [1.29, 1.82) is 0 Å². The van der Waals surface area contributed by atoms with Crippen molar-refractivity contribution in [2.75, 3.05) is 13.6 Å². The van der Waals surface area contributed by atoms with Gasteiger partial charge in [0.1, 0.15) is 0 Å². The van der Waals surface area contributed by atoms with Crippen LogP contribution in [-0.2, 0) is 4.79 Å². The SMILES string of the molecule is CCCCN1C(SC(C)CC)=NC2C1C(=O)NC(=O)N2C. The van der Waals surface area contributed by atoms with Crippen LogP contribution in [-0.4, -0.2) is 58.0 Å². The van der Waals surface area contributed by atoms with Crippen molar-refractivity contribution in [3.63, 3.8) is 0 Å². The maximum absolute atomic E-state index is 12.2. The van der Waals surface area contributed by atoms with Crippen molar-refractivity contribution in [2.24, 2.45) is 4.99 Å². The smallest absolute Gasteiger partial charge is 0.325 e. The third-order valence-corrected chi connectivity index (χ3v) is 5.24. The van der Waals surface area contributed by atoms with Crippen LogP contribution in [0.15, 0.2) is 4.99 Å². The number of nitrogens with zero attached hydrogens (tertiary/aromatic N) is 3. The lowest BCUT2D eigenvalue weighted by molar-refractivity contribution is -0.127. The van der Waals surface area contributed by atoms with Crippen LogP contribution in [0.2, 0.25) is 0 Å². The minimum absolute atomic E-state index is 0.234. The molecule has 0 spiro atoms. The quantitative estimate of drug-likeness (QED) is 0.841.